The molecule has 1 saturated heterocycles. The molecule has 1 aliphatic heterocycles. The van der Waals surface area contributed by atoms with Gasteiger partial charge in [0.1, 0.15) is 29.6 Å². The molecule has 6 heteroatoms. The highest BCUT2D eigenvalue weighted by molar-refractivity contribution is 5.95. The predicted octanol–water partition coefficient (Wildman–Crippen LogP) is 6.13. The maximum absolute atomic E-state index is 12.1. The number of furan rings is 1. The summed E-state index contributed by atoms with van der Waals surface area (Å²) in [5, 5.41) is 1.62. The summed E-state index contributed by atoms with van der Waals surface area (Å²) in [4.78, 5) is 12.1. The molecule has 32 heavy (non-hydrogen) atoms. The normalized spacial score (nSPS) is 20.7. The number of benzene rings is 1. The van der Waals surface area contributed by atoms with Crippen LogP contribution in [0.25, 0.3) is 21.9 Å². The van der Waals surface area contributed by atoms with Crippen LogP contribution in [-0.2, 0) is 9.47 Å². The Morgan fingerprint density at radius 1 is 1.16 bits per heavy atom. The fraction of sp³-hybridized carbons (Fsp3) is 0.423. The zero-order valence-electron chi connectivity index (χ0n) is 19.3. The molecular formula is C26H30O6. The van der Waals surface area contributed by atoms with Crippen molar-refractivity contribution in [3.63, 3.8) is 0 Å². The predicted molar refractivity (Wildman–Crippen MR) is 124 cm³/mol. The molecule has 0 saturated carbocycles. The molecule has 6 nitrogen and oxygen atoms in total. The number of fused-ring (bicyclic) bond motifs is 2. The molecule has 0 spiro atoms. The van der Waals surface area contributed by atoms with Gasteiger partial charge in [-0.2, -0.15) is 0 Å². The minimum absolute atomic E-state index is 0.246. The van der Waals surface area contributed by atoms with Crippen molar-refractivity contribution in [2.45, 2.75) is 65.5 Å². The van der Waals surface area contributed by atoms with Gasteiger partial charge in [0.25, 0.3) is 0 Å². The molecule has 1 fully saturated rings. The maximum Gasteiger partial charge on any atom is 0.339 e. The third kappa shape index (κ3) is 4.97. The van der Waals surface area contributed by atoms with Gasteiger partial charge in [0.2, 0.25) is 0 Å². The summed E-state index contributed by atoms with van der Waals surface area (Å²) < 4.78 is 29.1. The summed E-state index contributed by atoms with van der Waals surface area (Å²) in [6, 6.07) is 6.82. The van der Waals surface area contributed by atoms with Crippen LogP contribution >= 0.6 is 0 Å². The van der Waals surface area contributed by atoms with Crippen molar-refractivity contribution in [1.29, 1.82) is 0 Å². The smallest absolute Gasteiger partial charge is 0.339 e. The van der Waals surface area contributed by atoms with Crippen LogP contribution in [0.3, 0.4) is 0 Å². The van der Waals surface area contributed by atoms with E-state index in [1.165, 1.54) is 17.2 Å². The first kappa shape index (κ1) is 22.4. The molecule has 3 heterocycles. The van der Waals surface area contributed by atoms with E-state index in [0.29, 0.717) is 22.3 Å². The van der Waals surface area contributed by atoms with Crippen molar-refractivity contribution in [1.82, 2.24) is 0 Å². The summed E-state index contributed by atoms with van der Waals surface area (Å²) in [5.74, 6) is 0.454. The number of allylic oxidation sites excluding steroid dienone is 3. The summed E-state index contributed by atoms with van der Waals surface area (Å²) in [7, 11) is 0. The van der Waals surface area contributed by atoms with E-state index < -0.39 is 17.5 Å². The van der Waals surface area contributed by atoms with Gasteiger partial charge in [0, 0.05) is 11.5 Å². The average Bonchev–Trinajstić information content (AvgIpc) is 3.26. The lowest BCUT2D eigenvalue weighted by atomic mass is 10.0. The van der Waals surface area contributed by atoms with Gasteiger partial charge in [-0.25, -0.2) is 4.79 Å². The molecular weight excluding hydrogens is 408 g/mol. The zero-order chi connectivity index (χ0) is 22.9. The third-order valence-corrected chi connectivity index (χ3v) is 5.68. The van der Waals surface area contributed by atoms with Gasteiger partial charge in [0.15, 0.2) is 6.29 Å². The minimum Gasteiger partial charge on any atom is -0.490 e. The van der Waals surface area contributed by atoms with Gasteiger partial charge in [-0.3, -0.25) is 0 Å². The van der Waals surface area contributed by atoms with Crippen molar-refractivity contribution >= 4 is 21.9 Å². The number of hydrogen-bond donors (Lipinski definition) is 0. The van der Waals surface area contributed by atoms with Crippen LogP contribution in [-0.4, -0.2) is 24.6 Å². The first-order valence-corrected chi connectivity index (χ1v) is 10.9. The van der Waals surface area contributed by atoms with Crippen molar-refractivity contribution < 1.29 is 23.0 Å². The minimum atomic E-state index is -0.533. The Hall–Kier alpha value is -2.83. The van der Waals surface area contributed by atoms with E-state index in [0.717, 1.165) is 18.2 Å². The van der Waals surface area contributed by atoms with E-state index in [1.807, 2.05) is 32.1 Å². The fourth-order valence-electron chi connectivity index (χ4n) is 3.82. The maximum atomic E-state index is 12.1. The molecule has 0 amide bonds. The second-order valence-electron chi connectivity index (χ2n) is 9.10. The lowest BCUT2D eigenvalue weighted by Crippen LogP contribution is -2.37. The van der Waals surface area contributed by atoms with Crippen molar-refractivity contribution in [3.05, 3.63) is 64.2 Å². The Morgan fingerprint density at radius 2 is 1.97 bits per heavy atom. The molecule has 0 radical (unpaired) electrons. The SMILES string of the molecule is CC(C)=CCC/C(C)=C/[C@@H]1O[C@H](COc2cc(=O)oc3cc4occc4cc23)C(C)(C)O1. The quantitative estimate of drug-likeness (QED) is 0.326. The highest BCUT2D eigenvalue weighted by Gasteiger charge is 2.42. The summed E-state index contributed by atoms with van der Waals surface area (Å²) >= 11 is 0. The molecule has 1 aliphatic rings. The monoisotopic (exact) mass is 438 g/mol. The van der Waals surface area contributed by atoms with E-state index in [1.54, 1.807) is 12.3 Å². The van der Waals surface area contributed by atoms with Crippen molar-refractivity contribution in [3.8, 4) is 5.75 Å². The van der Waals surface area contributed by atoms with Gasteiger partial charge in [-0.05, 0) is 65.7 Å². The van der Waals surface area contributed by atoms with E-state index in [2.05, 4.69) is 26.8 Å². The highest BCUT2D eigenvalue weighted by atomic mass is 16.7. The van der Waals surface area contributed by atoms with E-state index in [9.17, 15) is 4.79 Å². The molecule has 0 unspecified atom stereocenters. The topological polar surface area (TPSA) is 71.0 Å². The van der Waals surface area contributed by atoms with Gasteiger partial charge in [-0.1, -0.05) is 17.2 Å². The highest BCUT2D eigenvalue weighted by Crippen LogP contribution is 2.33. The van der Waals surface area contributed by atoms with Crippen LogP contribution in [0.2, 0.25) is 0 Å². The Kier molecular flexibility index (Phi) is 6.26. The Bertz CT molecular complexity index is 1220. The Morgan fingerprint density at radius 3 is 2.75 bits per heavy atom. The fourth-order valence-corrected chi connectivity index (χ4v) is 3.82. The van der Waals surface area contributed by atoms with Gasteiger partial charge < -0.3 is 23.0 Å². The molecule has 0 aliphatic carbocycles. The molecule has 4 rings (SSSR count). The van der Waals surface area contributed by atoms with Crippen LogP contribution in [0, 0.1) is 0 Å². The summed E-state index contributed by atoms with van der Waals surface area (Å²) in [6.07, 6.45) is 7.10. The van der Waals surface area contributed by atoms with Gasteiger partial charge in [-0.15, -0.1) is 0 Å². The second-order valence-corrected chi connectivity index (χ2v) is 9.10. The van der Waals surface area contributed by atoms with E-state index in [-0.39, 0.29) is 12.7 Å². The van der Waals surface area contributed by atoms with Crippen LogP contribution < -0.4 is 10.4 Å². The Balaban J connectivity index is 1.48. The largest absolute Gasteiger partial charge is 0.490 e. The second kappa shape index (κ2) is 8.96. The first-order chi connectivity index (χ1) is 15.2. The average molecular weight is 439 g/mol. The molecule has 0 N–H and O–H groups in total. The molecule has 0 bridgehead atoms. The lowest BCUT2D eigenvalue weighted by Gasteiger charge is -2.23. The van der Waals surface area contributed by atoms with Crippen LogP contribution in [0.1, 0.15) is 47.5 Å². The van der Waals surface area contributed by atoms with E-state index in [4.69, 9.17) is 23.0 Å². The van der Waals surface area contributed by atoms with Crippen LogP contribution in [0.4, 0.5) is 0 Å². The lowest BCUT2D eigenvalue weighted by molar-refractivity contribution is -0.0472. The molecule has 1 aromatic carbocycles. The standard InChI is InChI=1S/C26H30O6/c1-16(2)7-6-8-17(3)11-25-31-23(26(4,5)32-25)15-29-21-14-24(27)30-22-13-20-18(9-10-28-20)12-19(21)22/h7,9-14,23,25H,6,8,15H2,1-5H3/b17-11+/t23-,25-/m1/s1. The van der Waals surface area contributed by atoms with Gasteiger partial charge >= 0.3 is 5.63 Å². The number of rotatable bonds is 7. The van der Waals surface area contributed by atoms with Gasteiger partial charge in [0.05, 0.1) is 23.3 Å². The van der Waals surface area contributed by atoms with Crippen molar-refractivity contribution in [2.24, 2.45) is 0 Å². The van der Waals surface area contributed by atoms with Crippen LogP contribution in [0.15, 0.2) is 67.5 Å². The number of ether oxygens (including phenoxy) is 3. The Labute approximate surface area is 187 Å². The molecule has 170 valence electrons. The first-order valence-electron chi connectivity index (χ1n) is 10.9. The molecule has 2 atom stereocenters. The number of hydrogen-bond acceptors (Lipinski definition) is 6. The van der Waals surface area contributed by atoms with E-state index >= 15 is 0 Å². The third-order valence-electron chi connectivity index (χ3n) is 5.68. The van der Waals surface area contributed by atoms with Crippen LogP contribution in [0.5, 0.6) is 5.75 Å². The summed E-state index contributed by atoms with van der Waals surface area (Å²) in [5.41, 5.74) is 2.61. The molecule has 2 aromatic heterocycles. The van der Waals surface area contributed by atoms with Crippen molar-refractivity contribution in [2.75, 3.05) is 6.61 Å². The zero-order valence-corrected chi connectivity index (χ0v) is 19.3. The molecule has 3 aromatic rings. The summed E-state index contributed by atoms with van der Waals surface area (Å²) in [6.45, 7) is 10.5.